The van der Waals surface area contributed by atoms with Crippen molar-refractivity contribution in [1.82, 2.24) is 15.1 Å². The van der Waals surface area contributed by atoms with E-state index in [2.05, 4.69) is 5.32 Å². The summed E-state index contributed by atoms with van der Waals surface area (Å²) in [4.78, 5) is 40.4. The lowest BCUT2D eigenvalue weighted by Gasteiger charge is -2.33. The Labute approximate surface area is 171 Å². The van der Waals surface area contributed by atoms with Gasteiger partial charge in [-0.25, -0.2) is 4.39 Å². The average Bonchev–Trinajstić information content (AvgIpc) is 3.10. The third kappa shape index (κ3) is 5.34. The largest absolute Gasteiger partial charge is 0.356 e. The number of piperidine rings is 1. The van der Waals surface area contributed by atoms with Gasteiger partial charge in [-0.3, -0.25) is 14.4 Å². The molecular weight excluding hydrogens is 373 g/mol. The molecule has 0 bridgehead atoms. The monoisotopic (exact) mass is 403 g/mol. The third-order valence-corrected chi connectivity index (χ3v) is 6.12. The smallest absolute Gasteiger partial charge is 0.227 e. The van der Waals surface area contributed by atoms with Crippen molar-refractivity contribution in [2.75, 3.05) is 32.7 Å². The lowest BCUT2D eigenvalue weighted by molar-refractivity contribution is -0.137. The zero-order valence-electron chi connectivity index (χ0n) is 17.2. The lowest BCUT2D eigenvalue weighted by atomic mass is 9.95. The van der Waals surface area contributed by atoms with E-state index in [0.717, 1.165) is 18.4 Å². The summed E-state index contributed by atoms with van der Waals surface area (Å²) < 4.78 is 13.4. The van der Waals surface area contributed by atoms with Crippen LogP contribution in [0.5, 0.6) is 0 Å². The molecule has 1 aromatic rings. The van der Waals surface area contributed by atoms with Crippen molar-refractivity contribution in [2.45, 2.75) is 39.5 Å². The number of halogens is 1. The number of benzene rings is 1. The molecule has 1 atom stereocenters. The fourth-order valence-corrected chi connectivity index (χ4v) is 4.18. The molecule has 2 aliphatic heterocycles. The summed E-state index contributed by atoms with van der Waals surface area (Å²) >= 11 is 0. The van der Waals surface area contributed by atoms with Crippen LogP contribution in [0.15, 0.2) is 18.2 Å². The standard InChI is InChI=1S/C22H30FN3O3/c1-3-25-14-18(12-21(25)28)22(29)26-8-6-16(7-9-26)13-24-20(27)11-17-10-19(23)5-4-15(17)2/h4-5,10,16,18H,3,6-9,11-14H2,1-2H3,(H,24,27). The highest BCUT2D eigenvalue weighted by Crippen LogP contribution is 2.23. The highest BCUT2D eigenvalue weighted by atomic mass is 19.1. The number of nitrogens with zero attached hydrogens (tertiary/aromatic N) is 2. The van der Waals surface area contributed by atoms with E-state index in [0.29, 0.717) is 50.6 Å². The normalized spacial score (nSPS) is 20.2. The van der Waals surface area contributed by atoms with Gasteiger partial charge in [0.05, 0.1) is 12.3 Å². The molecule has 6 nitrogen and oxygen atoms in total. The molecule has 1 aromatic carbocycles. The fourth-order valence-electron chi connectivity index (χ4n) is 4.18. The van der Waals surface area contributed by atoms with Crippen LogP contribution in [-0.4, -0.2) is 60.2 Å². The maximum Gasteiger partial charge on any atom is 0.227 e. The van der Waals surface area contributed by atoms with E-state index in [4.69, 9.17) is 0 Å². The molecule has 2 heterocycles. The summed E-state index contributed by atoms with van der Waals surface area (Å²) in [5.41, 5.74) is 1.61. The number of hydrogen-bond acceptors (Lipinski definition) is 3. The Morgan fingerprint density at radius 3 is 2.62 bits per heavy atom. The van der Waals surface area contributed by atoms with Gasteiger partial charge in [0.2, 0.25) is 17.7 Å². The van der Waals surface area contributed by atoms with E-state index in [9.17, 15) is 18.8 Å². The number of aryl methyl sites for hydroxylation is 1. The molecule has 0 radical (unpaired) electrons. The number of hydrogen-bond donors (Lipinski definition) is 1. The first-order valence-electron chi connectivity index (χ1n) is 10.5. The van der Waals surface area contributed by atoms with Crippen molar-refractivity contribution >= 4 is 17.7 Å². The topological polar surface area (TPSA) is 69.7 Å². The molecular formula is C22H30FN3O3. The van der Waals surface area contributed by atoms with E-state index < -0.39 is 0 Å². The molecule has 1 unspecified atom stereocenters. The van der Waals surface area contributed by atoms with Gasteiger partial charge in [0, 0.05) is 39.1 Å². The Morgan fingerprint density at radius 2 is 1.97 bits per heavy atom. The Morgan fingerprint density at radius 1 is 1.24 bits per heavy atom. The number of rotatable bonds is 6. The predicted octanol–water partition coefficient (Wildman–Crippen LogP) is 1.90. The van der Waals surface area contributed by atoms with E-state index in [-0.39, 0.29) is 35.9 Å². The molecule has 0 saturated carbocycles. The third-order valence-electron chi connectivity index (χ3n) is 6.12. The molecule has 2 fully saturated rings. The van der Waals surface area contributed by atoms with Crippen molar-refractivity contribution in [1.29, 1.82) is 0 Å². The molecule has 3 rings (SSSR count). The van der Waals surface area contributed by atoms with Gasteiger partial charge >= 0.3 is 0 Å². The molecule has 3 amide bonds. The SMILES string of the molecule is CCN1CC(C(=O)N2CCC(CNC(=O)Cc3cc(F)ccc3C)CC2)CC1=O. The summed E-state index contributed by atoms with van der Waals surface area (Å²) in [5.74, 6) is -0.180. The number of carbonyl (C=O) groups excluding carboxylic acids is 3. The van der Waals surface area contributed by atoms with E-state index >= 15 is 0 Å². The van der Waals surface area contributed by atoms with E-state index in [1.165, 1.54) is 12.1 Å². The van der Waals surface area contributed by atoms with Crippen molar-refractivity contribution in [3.63, 3.8) is 0 Å². The van der Waals surface area contributed by atoms with Crippen LogP contribution in [0, 0.1) is 24.6 Å². The van der Waals surface area contributed by atoms with Crippen molar-refractivity contribution in [3.8, 4) is 0 Å². The molecule has 29 heavy (non-hydrogen) atoms. The van der Waals surface area contributed by atoms with E-state index in [1.807, 2.05) is 18.7 Å². The number of amides is 3. The zero-order valence-corrected chi connectivity index (χ0v) is 17.2. The highest BCUT2D eigenvalue weighted by molar-refractivity contribution is 5.89. The molecule has 0 spiro atoms. The minimum absolute atomic E-state index is 0.0667. The second-order valence-electron chi connectivity index (χ2n) is 8.15. The van der Waals surface area contributed by atoms with Crippen molar-refractivity contribution in [3.05, 3.63) is 35.1 Å². The Kier molecular flexibility index (Phi) is 6.87. The lowest BCUT2D eigenvalue weighted by Crippen LogP contribution is -2.44. The first-order chi connectivity index (χ1) is 13.9. The van der Waals surface area contributed by atoms with Crippen LogP contribution in [0.25, 0.3) is 0 Å². The van der Waals surface area contributed by atoms with Crippen LogP contribution in [0.4, 0.5) is 4.39 Å². The van der Waals surface area contributed by atoms with Gasteiger partial charge in [0.25, 0.3) is 0 Å². The quantitative estimate of drug-likeness (QED) is 0.789. The van der Waals surface area contributed by atoms with Gasteiger partial charge in [-0.15, -0.1) is 0 Å². The molecule has 0 aromatic heterocycles. The summed E-state index contributed by atoms with van der Waals surface area (Å²) in [6.07, 6.45) is 2.17. The zero-order chi connectivity index (χ0) is 21.0. The van der Waals surface area contributed by atoms with Gasteiger partial charge in [0.1, 0.15) is 5.82 Å². The van der Waals surface area contributed by atoms with E-state index in [1.54, 1.807) is 11.0 Å². The van der Waals surface area contributed by atoms with Crippen LogP contribution in [-0.2, 0) is 20.8 Å². The van der Waals surface area contributed by atoms with Crippen LogP contribution in [0.3, 0.4) is 0 Å². The minimum atomic E-state index is -0.332. The Balaban J connectivity index is 1.41. The van der Waals surface area contributed by atoms with Gasteiger partial charge in [-0.1, -0.05) is 6.07 Å². The minimum Gasteiger partial charge on any atom is -0.356 e. The maximum absolute atomic E-state index is 13.4. The molecule has 2 aliphatic rings. The number of carbonyl (C=O) groups is 3. The summed E-state index contributed by atoms with van der Waals surface area (Å²) in [6.45, 7) is 6.88. The number of nitrogens with one attached hydrogen (secondary N) is 1. The Hall–Kier alpha value is -2.44. The van der Waals surface area contributed by atoms with Crippen molar-refractivity contribution < 1.29 is 18.8 Å². The van der Waals surface area contributed by atoms with Gasteiger partial charge in [-0.2, -0.15) is 0 Å². The molecule has 7 heteroatoms. The summed E-state index contributed by atoms with van der Waals surface area (Å²) in [5, 5.41) is 2.95. The van der Waals surface area contributed by atoms with Crippen LogP contribution in [0.1, 0.15) is 37.3 Å². The van der Waals surface area contributed by atoms with Crippen molar-refractivity contribution in [2.24, 2.45) is 11.8 Å². The Bertz CT molecular complexity index is 775. The maximum atomic E-state index is 13.4. The van der Waals surface area contributed by atoms with Crippen LogP contribution in [0.2, 0.25) is 0 Å². The summed E-state index contributed by atoms with van der Waals surface area (Å²) in [6, 6.07) is 4.49. The first kappa shape index (κ1) is 21.3. The fraction of sp³-hybridized carbons (Fsp3) is 0.591. The molecule has 158 valence electrons. The molecule has 1 N–H and O–H groups in total. The van der Waals surface area contributed by atoms with Gasteiger partial charge < -0.3 is 15.1 Å². The summed E-state index contributed by atoms with van der Waals surface area (Å²) in [7, 11) is 0. The second kappa shape index (κ2) is 9.37. The first-order valence-corrected chi connectivity index (χ1v) is 10.5. The average molecular weight is 403 g/mol. The van der Waals surface area contributed by atoms with Gasteiger partial charge in [0.15, 0.2) is 0 Å². The highest BCUT2D eigenvalue weighted by Gasteiger charge is 2.36. The molecule has 2 saturated heterocycles. The van der Waals surface area contributed by atoms with Crippen LogP contribution < -0.4 is 5.32 Å². The second-order valence-corrected chi connectivity index (χ2v) is 8.15. The number of likely N-dealkylation sites (tertiary alicyclic amines) is 2. The predicted molar refractivity (Wildman–Crippen MR) is 108 cm³/mol. The van der Waals surface area contributed by atoms with Gasteiger partial charge in [-0.05, 0) is 55.9 Å². The molecule has 0 aliphatic carbocycles. The van der Waals surface area contributed by atoms with Crippen LogP contribution >= 0.6 is 0 Å².